The van der Waals surface area contributed by atoms with Crippen LogP contribution >= 0.6 is 0 Å². The van der Waals surface area contributed by atoms with Gasteiger partial charge < -0.3 is 9.73 Å². The molecule has 6 heteroatoms. The van der Waals surface area contributed by atoms with E-state index >= 15 is 0 Å². The van der Waals surface area contributed by atoms with E-state index < -0.39 is 0 Å². The SMILES string of the molecule is Cc1cc(C)c2oc(-c3ccc(C(=O)Nc4ccc5cn[nH]c5c4)cc3)cc(=O)c2c1. The van der Waals surface area contributed by atoms with Crippen LogP contribution in [0, 0.1) is 13.8 Å². The fourth-order valence-corrected chi connectivity index (χ4v) is 3.76. The highest BCUT2D eigenvalue weighted by atomic mass is 16.3. The number of fused-ring (bicyclic) bond motifs is 2. The number of aromatic amines is 1. The van der Waals surface area contributed by atoms with Crippen LogP contribution in [0.4, 0.5) is 5.69 Å². The van der Waals surface area contributed by atoms with Crippen molar-refractivity contribution < 1.29 is 9.21 Å². The van der Waals surface area contributed by atoms with Crippen molar-refractivity contribution >= 4 is 33.5 Å². The van der Waals surface area contributed by atoms with Gasteiger partial charge in [-0.15, -0.1) is 0 Å². The molecule has 5 aromatic rings. The lowest BCUT2D eigenvalue weighted by molar-refractivity contribution is 0.102. The maximum Gasteiger partial charge on any atom is 0.255 e. The smallest absolute Gasteiger partial charge is 0.255 e. The predicted octanol–water partition coefficient (Wildman–Crippen LogP) is 5.21. The fraction of sp³-hybridized carbons (Fsp3) is 0.0800. The number of carbonyl (C=O) groups is 1. The molecule has 0 saturated carbocycles. The molecule has 0 fully saturated rings. The zero-order valence-corrected chi connectivity index (χ0v) is 17.0. The van der Waals surface area contributed by atoms with E-state index in [2.05, 4.69) is 15.5 Å². The van der Waals surface area contributed by atoms with Crippen molar-refractivity contribution in [3.63, 3.8) is 0 Å². The first-order chi connectivity index (χ1) is 15.0. The molecule has 31 heavy (non-hydrogen) atoms. The van der Waals surface area contributed by atoms with Crippen molar-refractivity contribution in [1.29, 1.82) is 0 Å². The van der Waals surface area contributed by atoms with Crippen molar-refractivity contribution in [2.24, 2.45) is 0 Å². The van der Waals surface area contributed by atoms with Gasteiger partial charge in [0.2, 0.25) is 0 Å². The first-order valence-corrected chi connectivity index (χ1v) is 9.88. The Hall–Kier alpha value is -4.19. The molecule has 5 rings (SSSR count). The number of rotatable bonds is 3. The van der Waals surface area contributed by atoms with E-state index in [1.54, 1.807) is 30.5 Å². The Kier molecular flexibility index (Phi) is 4.40. The van der Waals surface area contributed by atoms with Gasteiger partial charge in [-0.1, -0.05) is 18.2 Å². The summed E-state index contributed by atoms with van der Waals surface area (Å²) < 4.78 is 6.03. The zero-order valence-electron chi connectivity index (χ0n) is 17.0. The van der Waals surface area contributed by atoms with E-state index in [1.165, 1.54) is 6.07 Å². The maximum atomic E-state index is 12.6. The third kappa shape index (κ3) is 3.48. The second-order valence-corrected chi connectivity index (χ2v) is 7.64. The number of aromatic nitrogens is 2. The number of amides is 1. The summed E-state index contributed by atoms with van der Waals surface area (Å²) in [4.78, 5) is 25.2. The quantitative estimate of drug-likeness (QED) is 0.428. The molecule has 2 heterocycles. The summed E-state index contributed by atoms with van der Waals surface area (Å²) in [5.41, 5.74) is 5.20. The first kappa shape index (κ1) is 18.8. The van der Waals surface area contributed by atoms with E-state index in [0.717, 1.165) is 27.6 Å². The highest BCUT2D eigenvalue weighted by Crippen LogP contribution is 2.26. The molecule has 152 valence electrons. The Morgan fingerprint density at radius 3 is 2.61 bits per heavy atom. The highest BCUT2D eigenvalue weighted by molar-refractivity contribution is 6.05. The Morgan fingerprint density at radius 1 is 1.00 bits per heavy atom. The number of H-pyrrole nitrogens is 1. The molecular formula is C25H19N3O3. The zero-order chi connectivity index (χ0) is 21.5. The number of anilines is 1. The van der Waals surface area contributed by atoms with Crippen LogP contribution in [-0.2, 0) is 0 Å². The molecule has 6 nitrogen and oxygen atoms in total. The Bertz CT molecular complexity index is 1510. The normalized spacial score (nSPS) is 11.2. The number of aryl methyl sites for hydroxylation is 2. The van der Waals surface area contributed by atoms with E-state index in [0.29, 0.717) is 28.0 Å². The van der Waals surface area contributed by atoms with Crippen LogP contribution in [0.2, 0.25) is 0 Å². The van der Waals surface area contributed by atoms with Gasteiger partial charge in [-0.05, 0) is 61.4 Å². The number of hydrogen-bond acceptors (Lipinski definition) is 4. The minimum Gasteiger partial charge on any atom is -0.456 e. The molecule has 2 aromatic heterocycles. The van der Waals surface area contributed by atoms with Crippen LogP contribution in [0.15, 0.2) is 76.1 Å². The minimum absolute atomic E-state index is 0.0842. The van der Waals surface area contributed by atoms with Crippen molar-refractivity contribution in [1.82, 2.24) is 10.2 Å². The summed E-state index contributed by atoms with van der Waals surface area (Å²) in [6, 6.07) is 17.9. The summed E-state index contributed by atoms with van der Waals surface area (Å²) in [6.07, 6.45) is 1.73. The molecule has 0 aliphatic heterocycles. The monoisotopic (exact) mass is 409 g/mol. The fourth-order valence-electron chi connectivity index (χ4n) is 3.76. The Labute approximate surface area is 177 Å². The van der Waals surface area contributed by atoms with Gasteiger partial charge in [0.1, 0.15) is 11.3 Å². The van der Waals surface area contributed by atoms with Crippen LogP contribution in [0.5, 0.6) is 0 Å². The molecule has 0 atom stereocenters. The van der Waals surface area contributed by atoms with Gasteiger partial charge in [-0.25, -0.2) is 0 Å². The lowest BCUT2D eigenvalue weighted by Gasteiger charge is -2.08. The van der Waals surface area contributed by atoms with Gasteiger partial charge in [-0.2, -0.15) is 5.10 Å². The molecule has 3 aromatic carbocycles. The Balaban J connectivity index is 1.43. The van der Waals surface area contributed by atoms with Crippen LogP contribution in [-0.4, -0.2) is 16.1 Å². The highest BCUT2D eigenvalue weighted by Gasteiger charge is 2.12. The molecule has 0 bridgehead atoms. The summed E-state index contributed by atoms with van der Waals surface area (Å²) in [5.74, 6) is 0.248. The third-order valence-corrected chi connectivity index (χ3v) is 5.29. The number of benzene rings is 3. The van der Waals surface area contributed by atoms with Gasteiger partial charge in [0.25, 0.3) is 5.91 Å². The topological polar surface area (TPSA) is 88.0 Å². The second kappa shape index (κ2) is 7.25. The van der Waals surface area contributed by atoms with Crippen LogP contribution in [0.1, 0.15) is 21.5 Å². The van der Waals surface area contributed by atoms with E-state index in [4.69, 9.17) is 4.42 Å². The van der Waals surface area contributed by atoms with Gasteiger partial charge >= 0.3 is 0 Å². The predicted molar refractivity (Wildman–Crippen MR) is 121 cm³/mol. The van der Waals surface area contributed by atoms with Gasteiger partial charge in [0.05, 0.1) is 17.1 Å². The lowest BCUT2D eigenvalue weighted by atomic mass is 10.1. The average molecular weight is 409 g/mol. The van der Waals surface area contributed by atoms with Crippen molar-refractivity contribution in [2.45, 2.75) is 13.8 Å². The summed E-state index contributed by atoms with van der Waals surface area (Å²) in [7, 11) is 0. The van der Waals surface area contributed by atoms with Gasteiger partial charge in [0.15, 0.2) is 5.43 Å². The van der Waals surface area contributed by atoms with E-state index in [9.17, 15) is 9.59 Å². The van der Waals surface area contributed by atoms with Crippen LogP contribution in [0.3, 0.4) is 0 Å². The van der Waals surface area contributed by atoms with Gasteiger partial charge in [0, 0.05) is 28.3 Å². The maximum absolute atomic E-state index is 12.6. The standard InChI is InChI=1S/C25H19N3O3/c1-14-9-15(2)24-20(10-14)22(29)12-23(31-24)16-3-5-17(6-4-16)25(30)27-19-8-7-18-13-26-28-21(18)11-19/h3-13H,1-2H3,(H,26,28)(H,27,30). The largest absolute Gasteiger partial charge is 0.456 e. The van der Waals surface area contributed by atoms with Crippen molar-refractivity contribution in [2.75, 3.05) is 5.32 Å². The van der Waals surface area contributed by atoms with Crippen molar-refractivity contribution in [3.8, 4) is 11.3 Å². The number of carbonyl (C=O) groups excluding carboxylic acids is 1. The number of hydrogen-bond donors (Lipinski definition) is 2. The molecule has 1 amide bonds. The minimum atomic E-state index is -0.225. The van der Waals surface area contributed by atoms with E-state index in [1.807, 2.05) is 44.2 Å². The molecule has 0 radical (unpaired) electrons. The summed E-state index contributed by atoms with van der Waals surface area (Å²) >= 11 is 0. The Morgan fingerprint density at radius 2 is 1.81 bits per heavy atom. The molecule has 0 aliphatic rings. The lowest BCUT2D eigenvalue weighted by Crippen LogP contribution is -2.11. The number of nitrogens with zero attached hydrogens (tertiary/aromatic N) is 1. The first-order valence-electron chi connectivity index (χ1n) is 9.88. The van der Waals surface area contributed by atoms with E-state index in [-0.39, 0.29) is 11.3 Å². The molecular weight excluding hydrogens is 390 g/mol. The molecule has 0 aliphatic carbocycles. The second-order valence-electron chi connectivity index (χ2n) is 7.64. The molecule has 0 spiro atoms. The molecule has 2 N–H and O–H groups in total. The van der Waals surface area contributed by atoms with Crippen molar-refractivity contribution in [3.05, 3.63) is 93.8 Å². The molecule has 0 unspecified atom stereocenters. The van der Waals surface area contributed by atoms with Gasteiger partial charge in [-0.3, -0.25) is 14.7 Å². The number of nitrogens with one attached hydrogen (secondary N) is 2. The average Bonchev–Trinajstić information content (AvgIpc) is 3.22. The summed E-state index contributed by atoms with van der Waals surface area (Å²) in [6.45, 7) is 3.88. The van der Waals surface area contributed by atoms with Crippen LogP contribution < -0.4 is 10.7 Å². The van der Waals surface area contributed by atoms with Crippen LogP contribution in [0.25, 0.3) is 33.2 Å². The third-order valence-electron chi connectivity index (χ3n) is 5.29. The molecule has 0 saturated heterocycles. The summed E-state index contributed by atoms with van der Waals surface area (Å²) in [5, 5.41) is 11.3.